The number of sulfonamides is 1. The van der Waals surface area contributed by atoms with Crippen molar-refractivity contribution in [1.29, 1.82) is 0 Å². The van der Waals surface area contributed by atoms with E-state index in [0.717, 1.165) is 11.4 Å². The number of carbonyl (C=O) groups excluding carboxylic acids is 1. The summed E-state index contributed by atoms with van der Waals surface area (Å²) in [5, 5.41) is 4.10. The summed E-state index contributed by atoms with van der Waals surface area (Å²) in [5.74, 6) is -0.555. The highest BCUT2D eigenvalue weighted by molar-refractivity contribution is 7.89. The number of rotatable bonds is 6. The van der Waals surface area contributed by atoms with Gasteiger partial charge < -0.3 is 4.74 Å². The Balaban J connectivity index is 2.01. The number of ether oxygens (including phenoxy) is 1. The Morgan fingerprint density at radius 2 is 1.74 bits per heavy atom. The summed E-state index contributed by atoms with van der Waals surface area (Å²) in [4.78, 5) is 10.7. The molecule has 0 saturated heterocycles. The predicted octanol–water partition coefficient (Wildman–Crippen LogP) is 4.18. The van der Waals surface area contributed by atoms with Crippen molar-refractivity contribution in [2.45, 2.75) is 56.0 Å². The molecule has 0 aliphatic heterocycles. The summed E-state index contributed by atoms with van der Waals surface area (Å²) in [5.41, 5.74) is -2.47. The van der Waals surface area contributed by atoms with Crippen LogP contribution in [0.25, 0.3) is 0 Å². The lowest BCUT2D eigenvalue weighted by Gasteiger charge is -2.31. The molecule has 1 aliphatic rings. The number of aromatic nitrogens is 2. The Hall–Kier alpha value is -2.61. The van der Waals surface area contributed by atoms with E-state index in [1.807, 2.05) is 0 Å². The van der Waals surface area contributed by atoms with Crippen LogP contribution in [-0.2, 0) is 44.9 Å². The van der Waals surface area contributed by atoms with Crippen LogP contribution in [-0.4, -0.2) is 42.1 Å². The predicted molar refractivity (Wildman–Crippen MR) is 106 cm³/mol. The van der Waals surface area contributed by atoms with Gasteiger partial charge in [-0.1, -0.05) is 0 Å². The monoisotopic (exact) mass is 513 g/mol. The average Bonchev–Trinajstić information content (AvgIpc) is 3.14. The fourth-order valence-corrected chi connectivity index (χ4v) is 5.29. The van der Waals surface area contributed by atoms with Crippen molar-refractivity contribution in [3.05, 3.63) is 46.8 Å². The van der Waals surface area contributed by atoms with Gasteiger partial charge in [-0.2, -0.15) is 35.7 Å². The van der Waals surface area contributed by atoms with Crippen molar-refractivity contribution in [3.8, 4) is 0 Å². The van der Waals surface area contributed by atoms with Crippen molar-refractivity contribution in [2.24, 2.45) is 0 Å². The lowest BCUT2D eigenvalue weighted by molar-refractivity contribution is -0.145. The molecule has 0 N–H and O–H groups in total. The number of hydrogen-bond acceptors (Lipinski definition) is 5. The van der Waals surface area contributed by atoms with E-state index >= 15 is 0 Å². The average molecular weight is 513 g/mol. The zero-order valence-electron chi connectivity index (χ0n) is 18.1. The maximum atomic E-state index is 13.2. The summed E-state index contributed by atoms with van der Waals surface area (Å²) >= 11 is 0. The molecule has 0 saturated carbocycles. The van der Waals surface area contributed by atoms with E-state index in [1.165, 1.54) is 10.9 Å². The molecule has 0 bridgehead atoms. The van der Waals surface area contributed by atoms with Gasteiger partial charge in [0.2, 0.25) is 10.0 Å². The summed E-state index contributed by atoms with van der Waals surface area (Å²) in [6.45, 7) is 1.57. The highest BCUT2D eigenvalue weighted by atomic mass is 32.2. The zero-order chi connectivity index (χ0) is 25.5. The molecule has 0 spiro atoms. The summed E-state index contributed by atoms with van der Waals surface area (Å²) in [6.07, 6.45) is -7.84. The Bertz CT molecular complexity index is 1140. The zero-order valence-corrected chi connectivity index (χ0v) is 18.9. The maximum Gasteiger partial charge on any atom is 0.416 e. The molecule has 34 heavy (non-hydrogen) atoms. The summed E-state index contributed by atoms with van der Waals surface area (Å²) < 4.78 is 113. The second-order valence-corrected chi connectivity index (χ2v) is 9.68. The minimum absolute atomic E-state index is 0.128. The molecule has 7 nitrogen and oxygen atoms in total. The van der Waals surface area contributed by atoms with E-state index in [9.17, 15) is 39.6 Å². The standard InChI is InChI=1S/C20H21F6N3O4S/c1-3-33-18(30)11-29-17-6-4-5-16(15(17)10-27-29)28(2)34(31,32)14-8-12(19(21,22)23)7-13(9-14)20(24,25)26/h7-10,16H,3-6,11H2,1-2H3/t16-/m1/s1. The van der Waals surface area contributed by atoms with Gasteiger partial charge in [-0.05, 0) is 44.4 Å². The fourth-order valence-electron chi connectivity index (χ4n) is 3.85. The Morgan fingerprint density at radius 3 is 2.26 bits per heavy atom. The van der Waals surface area contributed by atoms with Crippen LogP contribution in [0, 0.1) is 0 Å². The van der Waals surface area contributed by atoms with Crippen LogP contribution in [0.5, 0.6) is 0 Å². The van der Waals surface area contributed by atoms with Gasteiger partial charge in [0.1, 0.15) is 6.54 Å². The van der Waals surface area contributed by atoms with E-state index in [-0.39, 0.29) is 37.8 Å². The van der Waals surface area contributed by atoms with Crippen LogP contribution in [0.2, 0.25) is 0 Å². The van der Waals surface area contributed by atoms with Gasteiger partial charge in [-0.3, -0.25) is 9.48 Å². The van der Waals surface area contributed by atoms with Crippen LogP contribution in [0.3, 0.4) is 0 Å². The third kappa shape index (κ3) is 5.22. The van der Waals surface area contributed by atoms with E-state index in [2.05, 4.69) is 5.10 Å². The van der Waals surface area contributed by atoms with Gasteiger partial charge in [0.25, 0.3) is 0 Å². The van der Waals surface area contributed by atoms with Crippen molar-refractivity contribution in [1.82, 2.24) is 14.1 Å². The van der Waals surface area contributed by atoms with Crippen LogP contribution in [0.4, 0.5) is 26.3 Å². The minimum atomic E-state index is -5.18. The first-order valence-electron chi connectivity index (χ1n) is 10.1. The highest BCUT2D eigenvalue weighted by Crippen LogP contribution is 2.40. The first kappa shape index (κ1) is 26.0. The fraction of sp³-hybridized carbons (Fsp3) is 0.500. The van der Waals surface area contributed by atoms with Gasteiger partial charge in [0, 0.05) is 18.3 Å². The number of hydrogen-bond donors (Lipinski definition) is 0. The number of halogens is 6. The topological polar surface area (TPSA) is 81.5 Å². The molecule has 1 atom stereocenters. The molecule has 3 rings (SSSR count). The van der Waals surface area contributed by atoms with Crippen molar-refractivity contribution in [2.75, 3.05) is 13.7 Å². The molecule has 2 aromatic rings. The molecule has 1 aliphatic carbocycles. The maximum absolute atomic E-state index is 13.2. The van der Waals surface area contributed by atoms with Crippen LogP contribution >= 0.6 is 0 Å². The van der Waals surface area contributed by atoms with Crippen molar-refractivity contribution < 1.29 is 44.3 Å². The van der Waals surface area contributed by atoms with Gasteiger partial charge in [0.15, 0.2) is 0 Å². The van der Waals surface area contributed by atoms with Crippen molar-refractivity contribution in [3.63, 3.8) is 0 Å². The molecule has 0 radical (unpaired) electrons. The lowest BCUT2D eigenvalue weighted by Crippen LogP contribution is -2.34. The number of esters is 1. The van der Waals surface area contributed by atoms with Gasteiger partial charge in [0.05, 0.1) is 34.9 Å². The van der Waals surface area contributed by atoms with Crippen LogP contribution in [0.1, 0.15) is 48.2 Å². The second-order valence-electron chi connectivity index (χ2n) is 7.68. The van der Waals surface area contributed by atoms with Gasteiger partial charge in [-0.15, -0.1) is 0 Å². The number of benzene rings is 1. The molecule has 0 unspecified atom stereocenters. The summed E-state index contributed by atoms with van der Waals surface area (Å²) in [6, 6.07) is -0.644. The molecule has 0 fully saturated rings. The number of carbonyl (C=O) groups is 1. The lowest BCUT2D eigenvalue weighted by atomic mass is 9.93. The Kier molecular flexibility index (Phi) is 7.04. The minimum Gasteiger partial charge on any atom is -0.465 e. The summed E-state index contributed by atoms with van der Waals surface area (Å²) in [7, 11) is -3.68. The third-order valence-electron chi connectivity index (χ3n) is 5.49. The van der Waals surface area contributed by atoms with E-state index < -0.39 is 50.4 Å². The van der Waals surface area contributed by atoms with Crippen LogP contribution in [0.15, 0.2) is 29.3 Å². The molecule has 188 valence electrons. The molecule has 0 amide bonds. The first-order chi connectivity index (χ1) is 15.7. The molecule has 1 aromatic carbocycles. The largest absolute Gasteiger partial charge is 0.465 e. The third-order valence-corrected chi connectivity index (χ3v) is 7.34. The molecular formula is C20H21F6N3O4S. The Morgan fingerprint density at radius 1 is 1.15 bits per heavy atom. The molecular weight excluding hydrogens is 492 g/mol. The Labute approximate surface area is 191 Å². The van der Waals surface area contributed by atoms with E-state index in [4.69, 9.17) is 4.74 Å². The smallest absolute Gasteiger partial charge is 0.416 e. The first-order valence-corrected chi connectivity index (χ1v) is 11.6. The number of fused-ring (bicyclic) bond motifs is 1. The number of nitrogens with zero attached hydrogens (tertiary/aromatic N) is 3. The molecule has 14 heteroatoms. The second kappa shape index (κ2) is 9.21. The molecule has 1 heterocycles. The van der Waals surface area contributed by atoms with Crippen molar-refractivity contribution >= 4 is 16.0 Å². The number of alkyl halides is 6. The SMILES string of the molecule is CCOC(=O)Cn1ncc2c1CCC[C@H]2N(C)S(=O)(=O)c1cc(C(F)(F)F)cc(C(F)(F)F)c1. The van der Waals surface area contributed by atoms with E-state index in [0.29, 0.717) is 24.1 Å². The quantitative estimate of drug-likeness (QED) is 0.428. The van der Waals surface area contributed by atoms with Gasteiger partial charge in [-0.25, -0.2) is 8.42 Å². The molecule has 1 aromatic heterocycles. The normalized spacial score (nSPS) is 17.0. The van der Waals surface area contributed by atoms with E-state index in [1.54, 1.807) is 6.92 Å². The van der Waals surface area contributed by atoms with Gasteiger partial charge >= 0.3 is 18.3 Å². The highest BCUT2D eigenvalue weighted by Gasteiger charge is 2.40. The van der Waals surface area contributed by atoms with Crippen LogP contribution < -0.4 is 0 Å².